The molecule has 28 heavy (non-hydrogen) atoms. The van der Waals surface area contributed by atoms with Crippen molar-refractivity contribution in [1.82, 2.24) is 4.98 Å². The first-order valence-corrected chi connectivity index (χ1v) is 13.7. The largest absolute Gasteiger partial charge is 0.331 e. The number of hydrogen-bond donors (Lipinski definition) is 1. The van der Waals surface area contributed by atoms with Gasteiger partial charge < -0.3 is 4.98 Å². The van der Waals surface area contributed by atoms with Crippen LogP contribution in [0.4, 0.5) is 0 Å². The summed E-state index contributed by atoms with van der Waals surface area (Å²) in [5.74, 6) is 0. The van der Waals surface area contributed by atoms with E-state index in [1.165, 1.54) is 59.2 Å². The zero-order chi connectivity index (χ0) is 20.1. The Morgan fingerprint density at radius 3 is 2.50 bits per heavy atom. The second kappa shape index (κ2) is 9.06. The Morgan fingerprint density at radius 1 is 1.11 bits per heavy atom. The van der Waals surface area contributed by atoms with Gasteiger partial charge in [0.2, 0.25) is 0 Å². The fraction of sp³-hybridized carbons (Fsp3) is 0.385. The number of benzene rings is 1. The maximum atomic E-state index is 4.11. The summed E-state index contributed by atoms with van der Waals surface area (Å²) in [5.41, 5.74) is 4.34. The van der Waals surface area contributed by atoms with E-state index in [-0.39, 0.29) is 0 Å². The lowest BCUT2D eigenvalue weighted by molar-refractivity contribution is 0.415. The molecular weight excluding hydrogens is 354 g/mol. The molecule has 3 aliphatic carbocycles. The maximum Gasteiger partial charge on any atom is 0.152 e. The van der Waals surface area contributed by atoms with Gasteiger partial charge in [0.25, 0.3) is 0 Å². The number of allylic oxidation sites excluding steroid dienone is 5. The van der Waals surface area contributed by atoms with Gasteiger partial charge in [-0.15, -0.1) is 0 Å². The van der Waals surface area contributed by atoms with Gasteiger partial charge in [0, 0.05) is 6.04 Å². The van der Waals surface area contributed by atoms with Crippen molar-refractivity contribution in [2.24, 2.45) is 0 Å². The highest BCUT2D eigenvalue weighted by Crippen LogP contribution is 2.31. The van der Waals surface area contributed by atoms with Crippen molar-refractivity contribution in [3.05, 3.63) is 70.2 Å². The highest BCUT2D eigenvalue weighted by atomic mass is 28.3. The predicted octanol–water partition coefficient (Wildman–Crippen LogP) is 5.48. The van der Waals surface area contributed by atoms with E-state index in [0.717, 1.165) is 6.04 Å². The molecule has 0 spiro atoms. The summed E-state index contributed by atoms with van der Waals surface area (Å²) in [6.45, 7) is 12.7. The average molecular weight is 390 g/mol. The summed E-state index contributed by atoms with van der Waals surface area (Å²) in [6, 6.07) is 5.52. The van der Waals surface area contributed by atoms with E-state index in [2.05, 4.69) is 68.0 Å². The minimum absolute atomic E-state index is 0.734. The van der Waals surface area contributed by atoms with Crippen LogP contribution in [-0.4, -0.2) is 14.3 Å². The van der Waals surface area contributed by atoms with Gasteiger partial charge in [-0.25, -0.2) is 0 Å². The quantitative estimate of drug-likeness (QED) is 0.531. The molecule has 0 amide bonds. The molecule has 0 heterocycles. The molecule has 1 aromatic carbocycles. The summed E-state index contributed by atoms with van der Waals surface area (Å²) >= 11 is 0. The monoisotopic (exact) mass is 389 g/mol. The third kappa shape index (κ3) is 4.56. The van der Waals surface area contributed by atoms with Crippen LogP contribution in [0.3, 0.4) is 0 Å². The lowest BCUT2D eigenvalue weighted by Crippen LogP contribution is -2.52. The highest BCUT2D eigenvalue weighted by Gasteiger charge is 2.34. The smallest absolute Gasteiger partial charge is 0.152 e. The number of hydrogen-bond acceptors (Lipinski definition) is 1. The van der Waals surface area contributed by atoms with Crippen molar-refractivity contribution < 1.29 is 0 Å². The first-order valence-electron chi connectivity index (χ1n) is 10.7. The van der Waals surface area contributed by atoms with Crippen LogP contribution >= 0.6 is 0 Å². The number of fused-ring (bicyclic) bond motifs is 2. The summed E-state index contributed by atoms with van der Waals surface area (Å²) in [5, 5.41) is 4.43. The van der Waals surface area contributed by atoms with Gasteiger partial charge in [0.1, 0.15) is 0 Å². The molecule has 0 atom stereocenters. The van der Waals surface area contributed by atoms with E-state index in [9.17, 15) is 0 Å². The lowest BCUT2D eigenvalue weighted by atomic mass is 9.96. The summed E-state index contributed by atoms with van der Waals surface area (Å²) in [4.78, 5) is 4.11. The van der Waals surface area contributed by atoms with Gasteiger partial charge in [-0.2, -0.15) is 0 Å². The van der Waals surface area contributed by atoms with Crippen LogP contribution in [0.1, 0.15) is 57.1 Å². The Morgan fingerprint density at radius 2 is 1.86 bits per heavy atom. The first-order chi connectivity index (χ1) is 13.5. The Balaban J connectivity index is 0.000000403. The molecule has 2 heteroatoms. The van der Waals surface area contributed by atoms with Gasteiger partial charge in [0.15, 0.2) is 8.24 Å². The Labute approximate surface area is 172 Å². The molecule has 1 aromatic rings. The molecule has 1 fully saturated rings. The van der Waals surface area contributed by atoms with Crippen LogP contribution in [0.5, 0.6) is 0 Å². The van der Waals surface area contributed by atoms with E-state index >= 15 is 0 Å². The summed E-state index contributed by atoms with van der Waals surface area (Å²) in [6.07, 6.45) is 21.5. The molecule has 148 valence electrons. The number of nitrogens with one attached hydrogen (secondary N) is 1. The summed E-state index contributed by atoms with van der Waals surface area (Å²) < 4.78 is 0. The maximum absolute atomic E-state index is 4.11. The standard InChI is InChI=1S/C21H27NSi.C5H8/c1-15-12-18-13-16-8-7-9-17(16)14-20(18)21(15)23(2,3)22-19-10-5-4-6-11-19;1-3-5-4-2/h7-9,12-14,19,22H,4-6,10-11H2,1-3H3;3-5H,1H2,2H3. The molecule has 0 unspecified atom stereocenters. The normalized spacial score (nSPS) is 18.3. The van der Waals surface area contributed by atoms with Crippen LogP contribution in [0.2, 0.25) is 13.1 Å². The van der Waals surface area contributed by atoms with Gasteiger partial charge >= 0.3 is 0 Å². The Hall–Kier alpha value is -1.90. The van der Waals surface area contributed by atoms with E-state index < -0.39 is 8.24 Å². The zero-order valence-electron chi connectivity index (χ0n) is 18.0. The van der Waals surface area contributed by atoms with Crippen LogP contribution in [0.25, 0.3) is 23.4 Å². The van der Waals surface area contributed by atoms with Crippen LogP contribution in [-0.2, 0) is 0 Å². The minimum Gasteiger partial charge on any atom is -0.331 e. The van der Waals surface area contributed by atoms with Gasteiger partial charge in [-0.05, 0) is 71.2 Å². The molecule has 1 saturated carbocycles. The average Bonchev–Trinajstić information content (AvgIpc) is 3.23. The van der Waals surface area contributed by atoms with Crippen molar-refractivity contribution >= 4 is 31.7 Å². The third-order valence-corrected chi connectivity index (χ3v) is 9.01. The Bertz CT molecular complexity index is 937. The molecular formula is C26H35NSi. The van der Waals surface area contributed by atoms with Gasteiger partial charge in [-0.3, -0.25) is 0 Å². The molecule has 4 rings (SSSR count). The number of rotatable bonds is 4. The van der Waals surface area contributed by atoms with E-state index in [1.54, 1.807) is 11.3 Å². The minimum atomic E-state index is -1.64. The first kappa shape index (κ1) is 20.8. The third-order valence-electron chi connectivity index (χ3n) is 5.97. The molecule has 1 nitrogen and oxygen atoms in total. The molecule has 0 aliphatic heterocycles. The fourth-order valence-corrected chi connectivity index (χ4v) is 8.25. The van der Waals surface area contributed by atoms with Crippen molar-refractivity contribution in [3.63, 3.8) is 0 Å². The zero-order valence-corrected chi connectivity index (χ0v) is 19.0. The fourth-order valence-electron chi connectivity index (χ4n) is 4.84. The van der Waals surface area contributed by atoms with E-state index in [1.807, 2.05) is 19.1 Å². The predicted molar refractivity (Wildman–Crippen MR) is 129 cm³/mol. The van der Waals surface area contributed by atoms with E-state index in [0.29, 0.717) is 0 Å². The lowest BCUT2D eigenvalue weighted by Gasteiger charge is -2.34. The van der Waals surface area contributed by atoms with E-state index in [4.69, 9.17) is 0 Å². The molecule has 0 aromatic heterocycles. The van der Waals surface area contributed by atoms with Crippen molar-refractivity contribution in [2.45, 2.75) is 65.1 Å². The molecule has 0 saturated heterocycles. The van der Waals surface area contributed by atoms with Crippen LogP contribution < -0.4 is 15.4 Å². The van der Waals surface area contributed by atoms with Crippen molar-refractivity contribution in [1.29, 1.82) is 0 Å². The second-order valence-electron chi connectivity index (χ2n) is 8.66. The van der Waals surface area contributed by atoms with Crippen molar-refractivity contribution in [3.8, 4) is 0 Å². The van der Waals surface area contributed by atoms with Crippen molar-refractivity contribution in [2.75, 3.05) is 0 Å². The van der Waals surface area contributed by atoms with Gasteiger partial charge in [0.05, 0.1) is 0 Å². The second-order valence-corrected chi connectivity index (χ2v) is 12.7. The molecule has 1 N–H and O–H groups in total. The molecule has 3 aliphatic rings. The summed E-state index contributed by atoms with van der Waals surface area (Å²) in [7, 11) is -1.64. The topological polar surface area (TPSA) is 12.0 Å². The molecule has 0 bridgehead atoms. The molecule has 0 radical (unpaired) electrons. The van der Waals surface area contributed by atoms with Gasteiger partial charge in [-0.1, -0.05) is 81.5 Å². The highest BCUT2D eigenvalue weighted by molar-refractivity contribution is 6.93. The van der Waals surface area contributed by atoms with Crippen LogP contribution in [0.15, 0.2) is 48.6 Å². The Kier molecular flexibility index (Phi) is 6.74. The SMILES string of the molecule is C=CC=CC.CC1=C([Si](C)(C)NC2CCCCC2)c2cc3c(cc2=C1)C=CC=3. The van der Waals surface area contributed by atoms with Crippen LogP contribution in [0, 0.1) is 0 Å².